The van der Waals surface area contributed by atoms with Gasteiger partial charge in [0, 0.05) is 26.1 Å². The van der Waals surface area contributed by atoms with Gasteiger partial charge in [0.05, 0.1) is 37.2 Å². The molecule has 4 heterocycles. The number of amides is 1. The van der Waals surface area contributed by atoms with E-state index in [1.54, 1.807) is 0 Å². The average Bonchev–Trinajstić information content (AvgIpc) is 3.35. The third-order valence-corrected chi connectivity index (χ3v) is 5.04. The fourth-order valence-corrected chi connectivity index (χ4v) is 3.55. The lowest BCUT2D eigenvalue weighted by Crippen LogP contribution is -2.35. The molecule has 27 heavy (non-hydrogen) atoms. The van der Waals surface area contributed by atoms with E-state index in [1.165, 1.54) is 6.20 Å². The van der Waals surface area contributed by atoms with Crippen molar-refractivity contribution in [1.29, 1.82) is 0 Å². The number of anilines is 2. The lowest BCUT2D eigenvalue weighted by molar-refractivity contribution is -0.120. The molecule has 0 spiro atoms. The number of halogens is 1. The Morgan fingerprint density at radius 3 is 2.81 bits per heavy atom. The van der Waals surface area contributed by atoms with Crippen LogP contribution in [0.3, 0.4) is 0 Å². The minimum atomic E-state index is -0.364. The fraction of sp³-hybridized carbons (Fsp3) is 0.556. The standard InChI is InChI=1S/C18H24FN7O/c1-2-16(27)20-10-13-9-14-12-25(7-8-26(14)23-13)18-21-11-15(19)17(22-18)24-5-3-4-6-24/h9,11H,2-8,10,12H2,1H3,(H,20,27). The molecule has 1 fully saturated rings. The maximum Gasteiger partial charge on any atom is 0.227 e. The van der Waals surface area contributed by atoms with Gasteiger partial charge in [0.2, 0.25) is 11.9 Å². The molecule has 0 aliphatic carbocycles. The Labute approximate surface area is 157 Å². The molecule has 1 N–H and O–H groups in total. The van der Waals surface area contributed by atoms with Gasteiger partial charge in [-0.2, -0.15) is 10.1 Å². The molecule has 0 atom stereocenters. The molecule has 2 aliphatic rings. The van der Waals surface area contributed by atoms with E-state index in [1.807, 2.05) is 27.5 Å². The van der Waals surface area contributed by atoms with Crippen LogP contribution in [0, 0.1) is 5.82 Å². The Bertz CT molecular complexity index is 831. The van der Waals surface area contributed by atoms with Crippen molar-refractivity contribution < 1.29 is 9.18 Å². The number of hydrogen-bond acceptors (Lipinski definition) is 6. The Balaban J connectivity index is 1.48. The molecular weight excluding hydrogens is 349 g/mol. The first kappa shape index (κ1) is 17.7. The SMILES string of the molecule is CCC(=O)NCc1cc2n(n1)CCN(c1ncc(F)c(N3CCCC3)n1)C2. The van der Waals surface area contributed by atoms with Gasteiger partial charge in [-0.1, -0.05) is 6.92 Å². The molecule has 0 saturated carbocycles. The zero-order valence-corrected chi connectivity index (χ0v) is 15.5. The van der Waals surface area contributed by atoms with Crippen molar-refractivity contribution in [1.82, 2.24) is 25.1 Å². The zero-order chi connectivity index (χ0) is 18.8. The molecule has 0 unspecified atom stereocenters. The van der Waals surface area contributed by atoms with Crippen molar-refractivity contribution in [3.8, 4) is 0 Å². The van der Waals surface area contributed by atoms with Crippen molar-refractivity contribution in [2.45, 2.75) is 45.8 Å². The van der Waals surface area contributed by atoms with Gasteiger partial charge in [0.15, 0.2) is 11.6 Å². The van der Waals surface area contributed by atoms with Crippen LogP contribution >= 0.6 is 0 Å². The van der Waals surface area contributed by atoms with Gasteiger partial charge in [0.25, 0.3) is 0 Å². The van der Waals surface area contributed by atoms with Gasteiger partial charge in [-0.15, -0.1) is 0 Å². The number of carbonyl (C=O) groups excluding carboxylic acids is 1. The van der Waals surface area contributed by atoms with Crippen molar-refractivity contribution in [2.75, 3.05) is 29.4 Å². The molecule has 8 nitrogen and oxygen atoms in total. The van der Waals surface area contributed by atoms with E-state index in [0.717, 1.165) is 37.3 Å². The highest BCUT2D eigenvalue weighted by atomic mass is 19.1. The van der Waals surface area contributed by atoms with E-state index in [4.69, 9.17) is 0 Å². The number of hydrogen-bond donors (Lipinski definition) is 1. The molecule has 0 bridgehead atoms. The Kier molecular flexibility index (Phi) is 4.91. The topological polar surface area (TPSA) is 79.2 Å². The largest absolute Gasteiger partial charge is 0.354 e. The van der Waals surface area contributed by atoms with Gasteiger partial charge in [-0.3, -0.25) is 9.48 Å². The van der Waals surface area contributed by atoms with Gasteiger partial charge < -0.3 is 15.1 Å². The van der Waals surface area contributed by atoms with Crippen molar-refractivity contribution in [3.05, 3.63) is 29.5 Å². The van der Waals surface area contributed by atoms with Crippen LogP contribution in [0.5, 0.6) is 0 Å². The van der Waals surface area contributed by atoms with Crippen LogP contribution in [0.25, 0.3) is 0 Å². The maximum absolute atomic E-state index is 14.2. The highest BCUT2D eigenvalue weighted by molar-refractivity contribution is 5.75. The Morgan fingerprint density at radius 1 is 1.22 bits per heavy atom. The van der Waals surface area contributed by atoms with E-state index in [-0.39, 0.29) is 11.7 Å². The summed E-state index contributed by atoms with van der Waals surface area (Å²) in [6.45, 7) is 5.96. The van der Waals surface area contributed by atoms with Crippen LogP contribution < -0.4 is 15.1 Å². The van der Waals surface area contributed by atoms with Gasteiger partial charge in [0.1, 0.15) is 0 Å². The number of rotatable bonds is 5. The molecule has 9 heteroatoms. The van der Waals surface area contributed by atoms with Gasteiger partial charge in [-0.25, -0.2) is 9.37 Å². The molecule has 1 saturated heterocycles. The number of nitrogens with one attached hydrogen (secondary N) is 1. The molecule has 0 aromatic carbocycles. The lowest BCUT2D eigenvalue weighted by Gasteiger charge is -2.28. The average molecular weight is 373 g/mol. The lowest BCUT2D eigenvalue weighted by atomic mass is 10.3. The monoisotopic (exact) mass is 373 g/mol. The van der Waals surface area contributed by atoms with Crippen molar-refractivity contribution >= 4 is 17.7 Å². The van der Waals surface area contributed by atoms with E-state index in [2.05, 4.69) is 20.4 Å². The Hall–Kier alpha value is -2.71. The predicted octanol–water partition coefficient (Wildman–Crippen LogP) is 1.46. The maximum atomic E-state index is 14.2. The second-order valence-corrected chi connectivity index (χ2v) is 6.94. The fourth-order valence-electron chi connectivity index (χ4n) is 3.55. The summed E-state index contributed by atoms with van der Waals surface area (Å²) in [4.78, 5) is 24.2. The third-order valence-electron chi connectivity index (χ3n) is 5.04. The summed E-state index contributed by atoms with van der Waals surface area (Å²) >= 11 is 0. The van der Waals surface area contributed by atoms with Crippen LogP contribution in [-0.2, 0) is 24.4 Å². The second-order valence-electron chi connectivity index (χ2n) is 6.94. The molecule has 4 rings (SSSR count). The Morgan fingerprint density at radius 2 is 2.04 bits per heavy atom. The van der Waals surface area contributed by atoms with E-state index in [0.29, 0.717) is 44.4 Å². The van der Waals surface area contributed by atoms with Crippen LogP contribution in [-0.4, -0.2) is 45.3 Å². The number of nitrogens with zero attached hydrogens (tertiary/aromatic N) is 6. The number of aromatic nitrogens is 4. The smallest absolute Gasteiger partial charge is 0.227 e. The summed E-state index contributed by atoms with van der Waals surface area (Å²) in [5.41, 5.74) is 1.88. The summed E-state index contributed by atoms with van der Waals surface area (Å²) < 4.78 is 16.1. The summed E-state index contributed by atoms with van der Waals surface area (Å²) in [7, 11) is 0. The van der Waals surface area contributed by atoms with Crippen LogP contribution in [0.15, 0.2) is 12.3 Å². The van der Waals surface area contributed by atoms with Gasteiger partial charge >= 0.3 is 0 Å². The predicted molar refractivity (Wildman–Crippen MR) is 98.9 cm³/mol. The summed E-state index contributed by atoms with van der Waals surface area (Å²) in [6, 6.07) is 1.99. The number of fused-ring (bicyclic) bond motifs is 1. The highest BCUT2D eigenvalue weighted by Gasteiger charge is 2.24. The molecule has 2 aromatic rings. The molecule has 144 valence electrons. The van der Waals surface area contributed by atoms with E-state index in [9.17, 15) is 9.18 Å². The minimum absolute atomic E-state index is 0.0109. The van der Waals surface area contributed by atoms with Crippen molar-refractivity contribution in [3.63, 3.8) is 0 Å². The molecule has 1 amide bonds. The van der Waals surface area contributed by atoms with Crippen LogP contribution in [0.1, 0.15) is 37.6 Å². The first-order valence-electron chi connectivity index (χ1n) is 9.49. The molecule has 2 aliphatic heterocycles. The van der Waals surface area contributed by atoms with E-state index < -0.39 is 0 Å². The second kappa shape index (κ2) is 7.50. The normalized spacial score (nSPS) is 16.5. The number of carbonyl (C=O) groups is 1. The summed E-state index contributed by atoms with van der Waals surface area (Å²) in [5.74, 6) is 0.597. The van der Waals surface area contributed by atoms with Gasteiger partial charge in [-0.05, 0) is 18.9 Å². The van der Waals surface area contributed by atoms with Crippen LogP contribution in [0.2, 0.25) is 0 Å². The summed E-state index contributed by atoms with van der Waals surface area (Å²) in [6.07, 6.45) is 3.87. The molecular formula is C18H24FN7O. The zero-order valence-electron chi connectivity index (χ0n) is 15.5. The first-order valence-corrected chi connectivity index (χ1v) is 9.49. The first-order chi connectivity index (χ1) is 13.1. The minimum Gasteiger partial charge on any atom is -0.354 e. The quantitative estimate of drug-likeness (QED) is 0.855. The van der Waals surface area contributed by atoms with E-state index >= 15 is 0 Å². The van der Waals surface area contributed by atoms with Crippen molar-refractivity contribution in [2.24, 2.45) is 0 Å². The molecule has 0 radical (unpaired) electrons. The summed E-state index contributed by atoms with van der Waals surface area (Å²) in [5, 5.41) is 7.39. The third kappa shape index (κ3) is 3.72. The molecule has 2 aromatic heterocycles. The van der Waals surface area contributed by atoms with Crippen LogP contribution in [0.4, 0.5) is 16.2 Å². The highest BCUT2D eigenvalue weighted by Crippen LogP contribution is 2.25.